The number of ether oxygens (including phenoxy) is 1. The van der Waals surface area contributed by atoms with Crippen LogP contribution < -0.4 is 10.7 Å². The molecule has 1 saturated heterocycles. The van der Waals surface area contributed by atoms with Crippen LogP contribution in [0.5, 0.6) is 0 Å². The molecule has 3 rings (SSSR count). The van der Waals surface area contributed by atoms with E-state index in [0.717, 1.165) is 29.9 Å². The number of aromatic nitrogens is 1. The van der Waals surface area contributed by atoms with E-state index in [4.69, 9.17) is 4.74 Å². The predicted octanol–water partition coefficient (Wildman–Crippen LogP) is 2.99. The van der Waals surface area contributed by atoms with Crippen molar-refractivity contribution in [2.75, 3.05) is 45.6 Å². The fraction of sp³-hybridized carbons (Fsp3) is 0.500. The summed E-state index contributed by atoms with van der Waals surface area (Å²) < 4.78 is 66.4. The normalized spacial score (nSPS) is 21.2. The molecule has 0 radical (unpaired) electrons. The third kappa shape index (κ3) is 6.88. The van der Waals surface area contributed by atoms with Crippen LogP contribution in [0.25, 0.3) is 0 Å². The Morgan fingerprint density at radius 1 is 1.22 bits per heavy atom. The molecular weight excluding hydrogens is 405 g/mol. The topological polar surface area (TPSA) is 67.1 Å². The number of hydrazone groups is 1. The number of morpholine rings is 1. The van der Waals surface area contributed by atoms with Gasteiger partial charge in [-0.25, -0.2) is 4.98 Å². The van der Waals surface area contributed by atoms with Crippen LogP contribution in [-0.4, -0.2) is 71.0 Å². The SMILES string of the molecule is CN(C)C(N1CCOCC1)=[N+]1NN(O)c2ncccc21.F[P-](F)(F)(F)(F)F. The number of guanidine groups is 1. The minimum absolute atomic E-state index is 0.486. The van der Waals surface area contributed by atoms with Gasteiger partial charge in [-0.1, -0.05) is 0 Å². The number of hydrazine groups is 2. The standard InChI is InChI=1S/C12H19N6O2.F6P/c1-15(2)12(16-6-8-20-9-7-16)17-10-4-3-5-13-11(10)18(19)14-17;1-7(2,3,4,5)6/h3-5,14,19H,6-9H2,1-2H3;/q+1;-1. The third-order valence-corrected chi connectivity index (χ3v) is 3.30. The first-order valence-corrected chi connectivity index (χ1v) is 9.60. The molecule has 1 fully saturated rings. The average Bonchev–Trinajstić information content (AvgIpc) is 2.83. The molecule has 3 heterocycles. The van der Waals surface area contributed by atoms with E-state index in [9.17, 15) is 30.4 Å². The Morgan fingerprint density at radius 3 is 2.30 bits per heavy atom. The van der Waals surface area contributed by atoms with Crippen molar-refractivity contribution in [3.05, 3.63) is 18.3 Å². The van der Waals surface area contributed by atoms with Gasteiger partial charge in [-0.2, -0.15) is 5.53 Å². The molecule has 15 heteroatoms. The Bertz CT molecular complexity index is 711. The second kappa shape index (κ2) is 6.53. The Morgan fingerprint density at radius 2 is 1.78 bits per heavy atom. The van der Waals surface area contributed by atoms with Crippen LogP contribution in [0, 0.1) is 0 Å². The first-order chi connectivity index (χ1) is 12.1. The van der Waals surface area contributed by atoms with Crippen LogP contribution in [-0.2, 0) is 4.74 Å². The van der Waals surface area contributed by atoms with Gasteiger partial charge >= 0.3 is 38.9 Å². The van der Waals surface area contributed by atoms with Crippen molar-refractivity contribution in [2.45, 2.75) is 0 Å². The minimum atomic E-state index is -10.7. The van der Waals surface area contributed by atoms with E-state index in [2.05, 4.69) is 15.4 Å². The number of hydrogen-bond donors (Lipinski definition) is 2. The van der Waals surface area contributed by atoms with Crippen molar-refractivity contribution >= 4 is 25.3 Å². The first kappa shape index (κ1) is 21.3. The van der Waals surface area contributed by atoms with Crippen molar-refractivity contribution in [3.8, 4) is 0 Å². The van der Waals surface area contributed by atoms with Gasteiger partial charge in [0.05, 0.1) is 40.4 Å². The zero-order chi connectivity index (χ0) is 20.5. The number of fused-ring (bicyclic) bond motifs is 1. The molecule has 2 N–H and O–H groups in total. The molecule has 0 bridgehead atoms. The van der Waals surface area contributed by atoms with Gasteiger partial charge in [0.25, 0.3) is 0 Å². The molecule has 0 amide bonds. The van der Waals surface area contributed by atoms with Gasteiger partial charge in [-0.3, -0.25) is 15.0 Å². The molecule has 156 valence electrons. The number of hydrogen-bond acceptors (Lipinski definition) is 5. The van der Waals surface area contributed by atoms with Crippen molar-refractivity contribution in [1.82, 2.24) is 20.3 Å². The second-order valence-electron chi connectivity index (χ2n) is 5.85. The van der Waals surface area contributed by atoms with E-state index in [0.29, 0.717) is 19.0 Å². The molecule has 2 aliphatic rings. The summed E-state index contributed by atoms with van der Waals surface area (Å²) in [5, 5.41) is 10.9. The quantitative estimate of drug-likeness (QED) is 0.287. The molecule has 0 aliphatic carbocycles. The van der Waals surface area contributed by atoms with Gasteiger partial charge < -0.3 is 4.74 Å². The zero-order valence-corrected chi connectivity index (χ0v) is 15.3. The summed E-state index contributed by atoms with van der Waals surface area (Å²) in [6.07, 6.45) is 1.65. The average molecular weight is 424 g/mol. The van der Waals surface area contributed by atoms with Crippen molar-refractivity contribution in [1.29, 1.82) is 0 Å². The molecule has 0 atom stereocenters. The summed E-state index contributed by atoms with van der Waals surface area (Å²) in [5.74, 6) is 1.43. The van der Waals surface area contributed by atoms with Crippen molar-refractivity contribution < 1.29 is 39.8 Å². The van der Waals surface area contributed by atoms with Crippen molar-refractivity contribution in [3.63, 3.8) is 0 Å². The van der Waals surface area contributed by atoms with Crippen molar-refractivity contribution in [2.24, 2.45) is 0 Å². The Kier molecular flexibility index (Phi) is 5.14. The van der Waals surface area contributed by atoms with Gasteiger partial charge in [0.2, 0.25) is 5.82 Å². The number of nitrogens with one attached hydrogen (secondary N) is 1. The molecule has 0 spiro atoms. The molecule has 1 aromatic rings. The summed E-state index contributed by atoms with van der Waals surface area (Å²) in [5.41, 5.74) is 3.71. The van der Waals surface area contributed by atoms with Crippen LogP contribution in [0.1, 0.15) is 0 Å². The number of rotatable bonds is 0. The summed E-state index contributed by atoms with van der Waals surface area (Å²) in [6.45, 7) is 3.03. The van der Waals surface area contributed by atoms with Gasteiger partial charge in [-0.05, 0) is 12.1 Å². The number of halogens is 6. The molecule has 1 aromatic heterocycles. The second-order valence-corrected chi connectivity index (χ2v) is 7.76. The van der Waals surface area contributed by atoms with Crippen LogP contribution in [0.3, 0.4) is 0 Å². The summed E-state index contributed by atoms with van der Waals surface area (Å²) >= 11 is 0. The maximum absolute atomic E-state index is 10.7. The zero-order valence-electron chi connectivity index (χ0n) is 14.4. The summed E-state index contributed by atoms with van der Waals surface area (Å²) in [6, 6.07) is 3.76. The van der Waals surface area contributed by atoms with E-state index in [1.165, 1.54) is 0 Å². The maximum atomic E-state index is 9.92. The monoisotopic (exact) mass is 424 g/mol. The van der Waals surface area contributed by atoms with E-state index < -0.39 is 7.81 Å². The molecule has 8 nitrogen and oxygen atoms in total. The molecule has 27 heavy (non-hydrogen) atoms. The molecule has 0 aromatic carbocycles. The van der Waals surface area contributed by atoms with Crippen LogP contribution in [0.15, 0.2) is 18.3 Å². The van der Waals surface area contributed by atoms with Gasteiger partial charge in [-0.15, -0.1) is 9.86 Å². The van der Waals surface area contributed by atoms with E-state index in [1.807, 2.05) is 35.8 Å². The van der Waals surface area contributed by atoms with E-state index >= 15 is 0 Å². The Hall–Kier alpha value is -2.05. The fourth-order valence-corrected chi connectivity index (χ4v) is 2.46. The Balaban J connectivity index is 0.000000321. The van der Waals surface area contributed by atoms with Gasteiger partial charge in [0, 0.05) is 6.20 Å². The van der Waals surface area contributed by atoms with Gasteiger partial charge in [0.1, 0.15) is 0 Å². The Labute approximate surface area is 150 Å². The molecular formula is C12H19F6N6O2P. The fourth-order valence-electron chi connectivity index (χ4n) is 2.46. The van der Waals surface area contributed by atoms with E-state index in [1.54, 1.807) is 6.20 Å². The van der Waals surface area contributed by atoms with Crippen LogP contribution >= 0.6 is 7.81 Å². The van der Waals surface area contributed by atoms with Crippen LogP contribution in [0.4, 0.5) is 36.7 Å². The molecule has 0 unspecified atom stereocenters. The molecule has 2 aliphatic heterocycles. The first-order valence-electron chi connectivity index (χ1n) is 7.57. The molecule has 0 saturated carbocycles. The summed E-state index contributed by atoms with van der Waals surface area (Å²) in [7, 11) is -6.71. The van der Waals surface area contributed by atoms with E-state index in [-0.39, 0.29) is 0 Å². The number of nitrogens with zero attached hydrogens (tertiary/aromatic N) is 5. The van der Waals surface area contributed by atoms with Gasteiger partial charge in [0.15, 0.2) is 5.69 Å². The number of pyridine rings is 1. The van der Waals surface area contributed by atoms with Crippen LogP contribution in [0.2, 0.25) is 0 Å². The number of anilines is 1. The third-order valence-electron chi connectivity index (χ3n) is 3.30. The summed E-state index contributed by atoms with van der Waals surface area (Å²) in [4.78, 5) is 8.40. The predicted molar refractivity (Wildman–Crippen MR) is 86.2 cm³/mol.